The maximum atomic E-state index is 12.5. The Hall–Kier alpha value is -4.99. The number of nitriles is 2. The van der Waals surface area contributed by atoms with Crippen LogP contribution < -0.4 is 4.74 Å². The van der Waals surface area contributed by atoms with Gasteiger partial charge in [-0.05, 0) is 64.5 Å². The fourth-order valence-electron chi connectivity index (χ4n) is 2.42. The van der Waals surface area contributed by atoms with Crippen LogP contribution in [0.5, 0.6) is 23.0 Å². The second kappa shape index (κ2) is 20.9. The number of rotatable bonds is 2. The maximum Gasteiger partial charge on any atom is 0.373 e. The number of halogens is 4. The molecule has 0 unspecified atom stereocenters. The minimum absolute atomic E-state index is 0.133. The Morgan fingerprint density at radius 1 is 0.659 bits per heavy atom. The van der Waals surface area contributed by atoms with Gasteiger partial charge in [0.05, 0.1) is 10.0 Å². The number of hydrogen-bond acceptors (Lipinski definition) is 9. The lowest BCUT2D eigenvalue weighted by atomic mass is 10.2. The van der Waals surface area contributed by atoms with Crippen molar-refractivity contribution in [1.29, 1.82) is 10.5 Å². The molecule has 0 bridgehead atoms. The van der Waals surface area contributed by atoms with Crippen molar-refractivity contribution in [2.45, 2.75) is 0 Å². The predicted molar refractivity (Wildman–Crippen MR) is 146 cm³/mol. The molecular formula is C28H16BrCl2FN2O7. The summed E-state index contributed by atoms with van der Waals surface area (Å²) in [4.78, 5) is 32.5. The van der Waals surface area contributed by atoms with E-state index in [1.807, 2.05) is 12.1 Å². The minimum Gasteiger partial charge on any atom is -0.506 e. The van der Waals surface area contributed by atoms with Crippen LogP contribution in [0.25, 0.3) is 0 Å². The third-order valence-corrected chi connectivity index (χ3v) is 5.39. The van der Waals surface area contributed by atoms with Crippen LogP contribution in [0.3, 0.4) is 0 Å². The summed E-state index contributed by atoms with van der Waals surface area (Å²) in [6.07, 6.45) is 0.500. The van der Waals surface area contributed by atoms with E-state index in [1.54, 1.807) is 54.6 Å². The van der Waals surface area contributed by atoms with Crippen molar-refractivity contribution in [2.24, 2.45) is 0 Å². The molecule has 9 nitrogen and oxygen atoms in total. The quantitative estimate of drug-likeness (QED) is 0.229. The number of aromatic hydroxyl groups is 2. The summed E-state index contributed by atoms with van der Waals surface area (Å²) in [6.45, 7) is 0. The molecule has 0 saturated carbocycles. The van der Waals surface area contributed by atoms with Gasteiger partial charge in [0.15, 0.2) is 0 Å². The van der Waals surface area contributed by atoms with E-state index in [0.29, 0.717) is 31.6 Å². The molecule has 0 heterocycles. The topological polar surface area (TPSA) is 166 Å². The zero-order valence-corrected chi connectivity index (χ0v) is 23.5. The van der Waals surface area contributed by atoms with Crippen LogP contribution in [0, 0.1) is 28.5 Å². The first-order chi connectivity index (χ1) is 19.6. The summed E-state index contributed by atoms with van der Waals surface area (Å²) in [5, 5.41) is 35.8. The van der Waals surface area contributed by atoms with Gasteiger partial charge < -0.3 is 14.9 Å². The van der Waals surface area contributed by atoms with E-state index in [-0.39, 0.29) is 29.4 Å². The second-order valence-corrected chi connectivity index (χ2v) is 8.29. The summed E-state index contributed by atoms with van der Waals surface area (Å²) < 4.78 is 18.8. The number of hydrogen-bond donors (Lipinski definition) is 2. The average molecular weight is 662 g/mol. The third kappa shape index (κ3) is 13.6. The van der Waals surface area contributed by atoms with E-state index >= 15 is 0 Å². The lowest BCUT2D eigenvalue weighted by Gasteiger charge is -2.09. The summed E-state index contributed by atoms with van der Waals surface area (Å²) in [5.74, 6) is 0.137. The fourth-order valence-corrected chi connectivity index (χ4v) is 3.17. The monoisotopic (exact) mass is 660 g/mol. The summed E-state index contributed by atoms with van der Waals surface area (Å²) >= 11 is 14.8. The molecule has 0 aromatic heterocycles. The highest BCUT2D eigenvalue weighted by atomic mass is 79.9. The maximum absolute atomic E-state index is 12.5. The number of phenolic OH excluding ortho intramolecular Hbond substituents is 2. The smallest absolute Gasteiger partial charge is 0.373 e. The van der Waals surface area contributed by atoms with Gasteiger partial charge in [0.1, 0.15) is 52.1 Å². The molecule has 4 rings (SSSR count). The Kier molecular flexibility index (Phi) is 18.4. The van der Waals surface area contributed by atoms with E-state index in [9.17, 15) is 4.39 Å². The van der Waals surface area contributed by atoms with Crippen LogP contribution in [0.15, 0.2) is 89.4 Å². The molecule has 0 aliphatic carbocycles. The first-order valence-electron chi connectivity index (χ1n) is 10.5. The Balaban J connectivity index is 0.000000568. The molecule has 0 atom stereocenters. The van der Waals surface area contributed by atoms with E-state index in [1.165, 1.54) is 18.2 Å². The highest BCUT2D eigenvalue weighted by Gasteiger charge is 2.09. The van der Waals surface area contributed by atoms with Gasteiger partial charge in [-0.3, -0.25) is 0 Å². The highest BCUT2D eigenvalue weighted by Crippen LogP contribution is 2.33. The molecule has 41 heavy (non-hydrogen) atoms. The predicted octanol–water partition coefficient (Wildman–Crippen LogP) is 7.05. The lowest BCUT2D eigenvalue weighted by molar-refractivity contribution is -0.193. The average Bonchev–Trinajstić information content (AvgIpc) is 2.94. The SMILES string of the molecule is N#Cc1c(Br)cccc1Oc1ccccc1Cl.N#Cc1c(O)cccc1F.O=C=O.O=C=O.Oc1ccccc1Cl. The van der Waals surface area contributed by atoms with Gasteiger partial charge in [-0.25, -0.2) is 4.39 Å². The van der Waals surface area contributed by atoms with E-state index in [4.69, 9.17) is 67.9 Å². The van der Waals surface area contributed by atoms with E-state index < -0.39 is 5.82 Å². The number of para-hydroxylation sites is 2. The Morgan fingerprint density at radius 2 is 1.12 bits per heavy atom. The second-order valence-electron chi connectivity index (χ2n) is 6.62. The standard InChI is InChI=1S/C13H7BrClNO.C7H4FNO.C6H5ClO.2CO2/c14-10-4-3-7-12(9(10)8-16)17-13-6-2-1-5-11(13)15;8-6-2-1-3-7(10)5(6)4-9;7-5-3-1-2-4-6(5)8;2*2-1-3/h1-7H;1-3,10H;1-4,8H;;. The Labute approximate surface area is 251 Å². The van der Waals surface area contributed by atoms with Crippen molar-refractivity contribution in [1.82, 2.24) is 0 Å². The van der Waals surface area contributed by atoms with Crippen molar-refractivity contribution in [2.75, 3.05) is 0 Å². The molecule has 208 valence electrons. The number of carbonyl (C=O) groups excluding carboxylic acids is 4. The number of benzene rings is 4. The molecule has 0 spiro atoms. The first-order valence-corrected chi connectivity index (χ1v) is 12.1. The van der Waals surface area contributed by atoms with Gasteiger partial charge in [0.25, 0.3) is 0 Å². The molecule has 0 fully saturated rings. The zero-order valence-electron chi connectivity index (χ0n) is 20.4. The molecule has 0 amide bonds. The van der Waals surface area contributed by atoms with Crippen molar-refractivity contribution in [3.8, 4) is 35.1 Å². The van der Waals surface area contributed by atoms with Crippen LogP contribution in [0.1, 0.15) is 11.1 Å². The molecule has 0 aliphatic rings. The summed E-state index contributed by atoms with van der Waals surface area (Å²) in [5.41, 5.74) is 0.148. The Bertz CT molecular complexity index is 1530. The lowest BCUT2D eigenvalue weighted by Crippen LogP contribution is -1.89. The Morgan fingerprint density at radius 3 is 1.56 bits per heavy atom. The number of phenols is 2. The molecule has 0 saturated heterocycles. The minimum atomic E-state index is -0.692. The fraction of sp³-hybridized carbons (Fsp3) is 0. The van der Waals surface area contributed by atoms with Crippen LogP contribution >= 0.6 is 39.1 Å². The summed E-state index contributed by atoms with van der Waals surface area (Å²) in [6, 6.07) is 26.5. The highest BCUT2D eigenvalue weighted by molar-refractivity contribution is 9.10. The van der Waals surface area contributed by atoms with Gasteiger partial charge in [0, 0.05) is 4.47 Å². The number of ether oxygens (including phenoxy) is 1. The van der Waals surface area contributed by atoms with Crippen molar-refractivity contribution in [3.63, 3.8) is 0 Å². The van der Waals surface area contributed by atoms with E-state index in [0.717, 1.165) is 6.07 Å². The van der Waals surface area contributed by atoms with Crippen LogP contribution in [-0.2, 0) is 19.2 Å². The summed E-state index contributed by atoms with van der Waals surface area (Å²) in [7, 11) is 0. The van der Waals surface area contributed by atoms with Gasteiger partial charge in [0.2, 0.25) is 0 Å². The third-order valence-electron chi connectivity index (χ3n) is 4.10. The molecule has 4 aromatic rings. The molecule has 0 aliphatic heterocycles. The molecule has 0 radical (unpaired) electrons. The zero-order chi connectivity index (χ0) is 31.2. The van der Waals surface area contributed by atoms with E-state index in [2.05, 4.69) is 22.0 Å². The first kappa shape index (κ1) is 36.0. The van der Waals surface area contributed by atoms with Crippen LogP contribution in [0.4, 0.5) is 4.39 Å². The molecule has 2 N–H and O–H groups in total. The normalized spacial score (nSPS) is 8.34. The largest absolute Gasteiger partial charge is 0.506 e. The van der Waals surface area contributed by atoms with Gasteiger partial charge >= 0.3 is 12.3 Å². The van der Waals surface area contributed by atoms with Gasteiger partial charge in [-0.15, -0.1) is 0 Å². The molecule has 13 heteroatoms. The van der Waals surface area contributed by atoms with Gasteiger partial charge in [-0.1, -0.05) is 59.6 Å². The molecular weight excluding hydrogens is 646 g/mol. The van der Waals surface area contributed by atoms with Crippen molar-refractivity contribution < 1.29 is 38.5 Å². The molecule has 4 aromatic carbocycles. The van der Waals surface area contributed by atoms with Crippen molar-refractivity contribution >= 4 is 51.4 Å². The van der Waals surface area contributed by atoms with Crippen LogP contribution in [0.2, 0.25) is 10.0 Å². The number of nitrogens with zero attached hydrogens (tertiary/aromatic N) is 2. The van der Waals surface area contributed by atoms with Gasteiger partial charge in [-0.2, -0.15) is 29.7 Å². The van der Waals surface area contributed by atoms with Crippen LogP contribution in [-0.4, -0.2) is 22.5 Å². The van der Waals surface area contributed by atoms with Crippen molar-refractivity contribution in [3.05, 3.63) is 116 Å².